The van der Waals surface area contributed by atoms with E-state index in [2.05, 4.69) is 32.3 Å². The van der Waals surface area contributed by atoms with Gasteiger partial charge in [0.15, 0.2) is 0 Å². The molecule has 0 saturated carbocycles. The highest BCUT2D eigenvalue weighted by Crippen LogP contribution is 2.08. The number of carbonyl (C=O) groups is 1. The van der Waals surface area contributed by atoms with Crippen LogP contribution in [0.4, 0.5) is 0 Å². The summed E-state index contributed by atoms with van der Waals surface area (Å²) in [6, 6.07) is 14.1. The lowest BCUT2D eigenvalue weighted by Crippen LogP contribution is -2.41. The third-order valence-electron chi connectivity index (χ3n) is 4.32. The second-order valence-corrected chi connectivity index (χ2v) is 6.39. The maximum absolute atomic E-state index is 12.4. The predicted molar refractivity (Wildman–Crippen MR) is 101 cm³/mol. The zero-order valence-corrected chi connectivity index (χ0v) is 15.0. The Morgan fingerprint density at radius 1 is 1.19 bits per heavy atom. The van der Waals surface area contributed by atoms with Crippen LogP contribution < -0.4 is 5.32 Å². The average molecular weight is 349 g/mol. The van der Waals surface area contributed by atoms with E-state index in [4.69, 9.17) is 0 Å². The summed E-state index contributed by atoms with van der Waals surface area (Å²) in [6.45, 7) is 0.573. The molecule has 6 nitrogen and oxygen atoms in total. The predicted octanol–water partition coefficient (Wildman–Crippen LogP) is 2.17. The number of likely N-dealkylation sites (N-methyl/N-ethyl adjacent to an activating group) is 1. The SMILES string of the molecule is CN(C)C(CNC(=O)c1ccc(-n2ccnc2)nc1)Cc1ccccc1. The van der Waals surface area contributed by atoms with Crippen LogP contribution in [0.25, 0.3) is 5.82 Å². The van der Waals surface area contributed by atoms with Crippen LogP contribution in [0.5, 0.6) is 0 Å². The molecular formula is C20H23N5O. The van der Waals surface area contributed by atoms with E-state index in [0.29, 0.717) is 12.1 Å². The molecule has 0 saturated heterocycles. The van der Waals surface area contributed by atoms with Crippen LogP contribution in [0, 0.1) is 0 Å². The summed E-state index contributed by atoms with van der Waals surface area (Å²) in [7, 11) is 4.06. The van der Waals surface area contributed by atoms with Crippen LogP contribution in [0.1, 0.15) is 15.9 Å². The van der Waals surface area contributed by atoms with Gasteiger partial charge in [-0.3, -0.25) is 9.36 Å². The number of hydrogen-bond acceptors (Lipinski definition) is 4. The molecule has 2 aromatic heterocycles. The standard InChI is InChI=1S/C20H23N5O/c1-24(2)18(12-16-6-4-3-5-7-16)14-23-20(26)17-8-9-19(22-13-17)25-11-10-21-15-25/h3-11,13,15,18H,12,14H2,1-2H3,(H,23,26). The summed E-state index contributed by atoms with van der Waals surface area (Å²) in [4.78, 5) is 22.9. The topological polar surface area (TPSA) is 63.1 Å². The maximum Gasteiger partial charge on any atom is 0.252 e. The molecule has 3 rings (SSSR count). The van der Waals surface area contributed by atoms with Crippen LogP contribution in [-0.2, 0) is 6.42 Å². The molecule has 0 fully saturated rings. The first-order valence-corrected chi connectivity index (χ1v) is 8.56. The molecule has 0 aliphatic heterocycles. The summed E-state index contributed by atoms with van der Waals surface area (Å²) < 4.78 is 1.80. The highest BCUT2D eigenvalue weighted by Gasteiger charge is 2.14. The Bertz CT molecular complexity index is 813. The van der Waals surface area contributed by atoms with Crippen molar-refractivity contribution in [3.8, 4) is 5.82 Å². The quantitative estimate of drug-likeness (QED) is 0.710. The van der Waals surface area contributed by atoms with Gasteiger partial charge in [0.2, 0.25) is 0 Å². The third kappa shape index (κ3) is 4.55. The summed E-state index contributed by atoms with van der Waals surface area (Å²) >= 11 is 0. The molecule has 3 aromatic rings. The Kier molecular flexibility index (Phi) is 5.76. The average Bonchev–Trinajstić information content (AvgIpc) is 3.20. The van der Waals surface area contributed by atoms with E-state index in [1.54, 1.807) is 29.4 Å². The highest BCUT2D eigenvalue weighted by atomic mass is 16.1. The maximum atomic E-state index is 12.4. The van der Waals surface area contributed by atoms with Gasteiger partial charge in [0.05, 0.1) is 5.56 Å². The zero-order valence-electron chi connectivity index (χ0n) is 15.0. The Hall–Kier alpha value is -2.99. The Balaban J connectivity index is 1.59. The van der Waals surface area contributed by atoms with Gasteiger partial charge in [0, 0.05) is 31.2 Å². The molecule has 0 aliphatic rings. The summed E-state index contributed by atoms with van der Waals surface area (Å²) in [5.74, 6) is 0.615. The smallest absolute Gasteiger partial charge is 0.252 e. The van der Waals surface area contributed by atoms with Crippen molar-refractivity contribution in [2.24, 2.45) is 0 Å². The highest BCUT2D eigenvalue weighted by molar-refractivity contribution is 5.93. The first-order valence-electron chi connectivity index (χ1n) is 8.56. The van der Waals surface area contributed by atoms with Crippen LogP contribution in [-0.4, -0.2) is 52.0 Å². The molecule has 1 unspecified atom stereocenters. The molecule has 1 amide bonds. The van der Waals surface area contributed by atoms with Crippen molar-refractivity contribution < 1.29 is 4.79 Å². The van der Waals surface area contributed by atoms with Gasteiger partial charge in [-0.2, -0.15) is 0 Å². The fraction of sp³-hybridized carbons (Fsp3) is 0.250. The van der Waals surface area contributed by atoms with Gasteiger partial charge >= 0.3 is 0 Å². The molecular weight excluding hydrogens is 326 g/mol. The van der Waals surface area contributed by atoms with E-state index >= 15 is 0 Å². The Morgan fingerprint density at radius 2 is 2.00 bits per heavy atom. The summed E-state index contributed by atoms with van der Waals surface area (Å²) in [5, 5.41) is 3.02. The number of imidazole rings is 1. The van der Waals surface area contributed by atoms with Crippen molar-refractivity contribution >= 4 is 5.91 Å². The minimum absolute atomic E-state index is 0.116. The number of hydrogen-bond donors (Lipinski definition) is 1. The monoisotopic (exact) mass is 349 g/mol. The molecule has 1 atom stereocenters. The minimum atomic E-state index is -0.116. The summed E-state index contributed by atoms with van der Waals surface area (Å²) in [5.41, 5.74) is 1.80. The number of carbonyl (C=O) groups excluding carboxylic acids is 1. The van der Waals surface area contributed by atoms with Crippen molar-refractivity contribution in [2.75, 3.05) is 20.6 Å². The van der Waals surface area contributed by atoms with Gasteiger partial charge in [0.1, 0.15) is 12.1 Å². The Labute approximate surface area is 153 Å². The van der Waals surface area contributed by atoms with Crippen LogP contribution >= 0.6 is 0 Å². The molecule has 26 heavy (non-hydrogen) atoms. The molecule has 1 aromatic carbocycles. The van der Waals surface area contributed by atoms with Gasteiger partial charge in [-0.05, 0) is 38.2 Å². The van der Waals surface area contributed by atoms with E-state index in [1.807, 2.05) is 44.6 Å². The van der Waals surface area contributed by atoms with E-state index in [-0.39, 0.29) is 11.9 Å². The number of benzene rings is 1. The van der Waals surface area contributed by atoms with Crippen LogP contribution in [0.15, 0.2) is 67.4 Å². The van der Waals surface area contributed by atoms with E-state index in [9.17, 15) is 4.79 Å². The largest absolute Gasteiger partial charge is 0.350 e. The number of amides is 1. The molecule has 0 bridgehead atoms. The van der Waals surface area contributed by atoms with Gasteiger partial charge in [-0.25, -0.2) is 9.97 Å². The second-order valence-electron chi connectivity index (χ2n) is 6.39. The van der Waals surface area contributed by atoms with E-state index in [1.165, 1.54) is 5.56 Å². The number of aromatic nitrogens is 3. The molecule has 1 N–H and O–H groups in total. The van der Waals surface area contributed by atoms with Crippen molar-refractivity contribution in [2.45, 2.75) is 12.5 Å². The molecule has 0 radical (unpaired) electrons. The molecule has 0 spiro atoms. The first-order chi connectivity index (χ1) is 12.6. The van der Waals surface area contributed by atoms with Crippen LogP contribution in [0.2, 0.25) is 0 Å². The van der Waals surface area contributed by atoms with Crippen molar-refractivity contribution in [1.82, 2.24) is 24.8 Å². The fourth-order valence-electron chi connectivity index (χ4n) is 2.70. The number of pyridine rings is 1. The molecule has 6 heteroatoms. The molecule has 2 heterocycles. The van der Waals surface area contributed by atoms with E-state index < -0.39 is 0 Å². The van der Waals surface area contributed by atoms with Gasteiger partial charge in [0.25, 0.3) is 5.91 Å². The normalized spacial score (nSPS) is 12.1. The van der Waals surface area contributed by atoms with Crippen molar-refractivity contribution in [1.29, 1.82) is 0 Å². The lowest BCUT2D eigenvalue weighted by molar-refractivity contribution is 0.0941. The summed E-state index contributed by atoms with van der Waals surface area (Å²) in [6.07, 6.45) is 7.65. The number of nitrogens with one attached hydrogen (secondary N) is 1. The number of rotatable bonds is 7. The van der Waals surface area contributed by atoms with Gasteiger partial charge in [-0.1, -0.05) is 30.3 Å². The Morgan fingerprint density at radius 3 is 2.62 bits per heavy atom. The van der Waals surface area contributed by atoms with Crippen molar-refractivity contribution in [3.63, 3.8) is 0 Å². The van der Waals surface area contributed by atoms with Gasteiger partial charge in [-0.15, -0.1) is 0 Å². The van der Waals surface area contributed by atoms with E-state index in [0.717, 1.165) is 12.2 Å². The zero-order chi connectivity index (χ0) is 18.4. The van der Waals surface area contributed by atoms with Gasteiger partial charge < -0.3 is 10.2 Å². The molecule has 0 aliphatic carbocycles. The lowest BCUT2D eigenvalue weighted by Gasteiger charge is -2.24. The minimum Gasteiger partial charge on any atom is -0.350 e. The van der Waals surface area contributed by atoms with Crippen molar-refractivity contribution in [3.05, 3.63) is 78.5 Å². The van der Waals surface area contributed by atoms with Crippen LogP contribution in [0.3, 0.4) is 0 Å². The second kappa shape index (κ2) is 8.40. The first kappa shape index (κ1) is 17.8. The number of nitrogens with zero attached hydrogens (tertiary/aromatic N) is 4. The third-order valence-corrected chi connectivity index (χ3v) is 4.32. The lowest BCUT2D eigenvalue weighted by atomic mass is 10.1. The fourth-order valence-corrected chi connectivity index (χ4v) is 2.70. The molecule has 134 valence electrons.